The molecular formula is C24H19N3O6S2. The number of fused-ring (bicyclic) bond motifs is 1. The minimum Gasteiger partial charge on any atom is -0.396 e. The highest BCUT2D eigenvalue weighted by atomic mass is 32.2. The van der Waals surface area contributed by atoms with Gasteiger partial charge in [0.15, 0.2) is 0 Å². The molecule has 11 heteroatoms. The van der Waals surface area contributed by atoms with Crippen molar-refractivity contribution in [3.63, 3.8) is 0 Å². The van der Waals surface area contributed by atoms with Crippen LogP contribution in [0.3, 0.4) is 0 Å². The van der Waals surface area contributed by atoms with Gasteiger partial charge in [0.1, 0.15) is 15.5 Å². The molecule has 178 valence electrons. The summed E-state index contributed by atoms with van der Waals surface area (Å²) in [7, 11) is -9.39. The van der Waals surface area contributed by atoms with E-state index in [4.69, 9.17) is 5.73 Å². The number of nitrogens with two attached hydrogens (primary N) is 1. The lowest BCUT2D eigenvalue weighted by Crippen LogP contribution is -2.09. The van der Waals surface area contributed by atoms with Gasteiger partial charge in [-0.05, 0) is 23.6 Å². The van der Waals surface area contributed by atoms with Crippen molar-refractivity contribution in [1.29, 1.82) is 0 Å². The lowest BCUT2D eigenvalue weighted by molar-refractivity contribution is 0.480. The quantitative estimate of drug-likeness (QED) is 0.189. The second kappa shape index (κ2) is 9.39. The SMILES string of the molecule is NC(=C(N=Nc1cccc2ccccc12)c1ccccc1S(=O)(=O)O)c1ccccc1S(=O)(=O)O. The fourth-order valence-electron chi connectivity index (χ4n) is 3.58. The van der Waals surface area contributed by atoms with E-state index in [0.717, 1.165) is 22.9 Å². The van der Waals surface area contributed by atoms with Crippen molar-refractivity contribution in [1.82, 2.24) is 0 Å². The van der Waals surface area contributed by atoms with Crippen LogP contribution in [-0.4, -0.2) is 25.9 Å². The molecule has 0 radical (unpaired) electrons. The van der Waals surface area contributed by atoms with Gasteiger partial charge in [0.25, 0.3) is 20.2 Å². The van der Waals surface area contributed by atoms with E-state index in [9.17, 15) is 25.9 Å². The first-order valence-electron chi connectivity index (χ1n) is 10.1. The fourth-order valence-corrected chi connectivity index (χ4v) is 4.98. The Balaban J connectivity index is 2.03. The molecule has 0 heterocycles. The van der Waals surface area contributed by atoms with Gasteiger partial charge in [-0.2, -0.15) is 16.8 Å². The second-order valence-electron chi connectivity index (χ2n) is 7.40. The molecule has 35 heavy (non-hydrogen) atoms. The summed E-state index contributed by atoms with van der Waals surface area (Å²) in [6.45, 7) is 0. The largest absolute Gasteiger partial charge is 0.396 e. The number of benzene rings is 4. The summed E-state index contributed by atoms with van der Waals surface area (Å²) in [4.78, 5) is -1.00. The molecule has 0 aliphatic rings. The Bertz CT molecular complexity index is 1710. The van der Waals surface area contributed by atoms with Crippen LogP contribution in [0.15, 0.2) is 111 Å². The van der Waals surface area contributed by atoms with Crippen LogP contribution in [0.1, 0.15) is 11.1 Å². The van der Waals surface area contributed by atoms with Gasteiger partial charge in [0.2, 0.25) is 0 Å². The zero-order valence-corrected chi connectivity index (χ0v) is 19.6. The Hall–Kier alpha value is -3.90. The Morgan fingerprint density at radius 1 is 0.657 bits per heavy atom. The van der Waals surface area contributed by atoms with Crippen molar-refractivity contribution in [3.05, 3.63) is 102 Å². The van der Waals surface area contributed by atoms with Gasteiger partial charge >= 0.3 is 0 Å². The number of rotatable bonds is 6. The third kappa shape index (κ3) is 5.12. The highest BCUT2D eigenvalue weighted by Crippen LogP contribution is 2.34. The molecule has 4 aromatic carbocycles. The average molecular weight is 510 g/mol. The van der Waals surface area contributed by atoms with E-state index in [0.29, 0.717) is 5.69 Å². The van der Waals surface area contributed by atoms with Crippen molar-refractivity contribution < 1.29 is 25.9 Å². The minimum absolute atomic E-state index is 0.110. The third-order valence-electron chi connectivity index (χ3n) is 5.15. The number of azo groups is 1. The topological polar surface area (TPSA) is 159 Å². The third-order valence-corrected chi connectivity index (χ3v) is 6.98. The highest BCUT2D eigenvalue weighted by molar-refractivity contribution is 7.86. The molecular weight excluding hydrogens is 490 g/mol. The summed E-state index contributed by atoms with van der Waals surface area (Å²) in [5, 5.41) is 10.1. The molecule has 0 bridgehead atoms. The lowest BCUT2D eigenvalue weighted by Gasteiger charge is -2.13. The highest BCUT2D eigenvalue weighted by Gasteiger charge is 2.23. The van der Waals surface area contributed by atoms with E-state index in [1.165, 1.54) is 36.4 Å². The van der Waals surface area contributed by atoms with E-state index in [2.05, 4.69) is 10.2 Å². The molecule has 0 saturated heterocycles. The van der Waals surface area contributed by atoms with Gasteiger partial charge in [0, 0.05) is 16.5 Å². The van der Waals surface area contributed by atoms with E-state index in [1.807, 2.05) is 30.3 Å². The van der Waals surface area contributed by atoms with Crippen LogP contribution in [0.4, 0.5) is 5.69 Å². The van der Waals surface area contributed by atoms with Crippen LogP contribution < -0.4 is 5.73 Å². The summed E-state index contributed by atoms with van der Waals surface area (Å²) >= 11 is 0. The molecule has 0 atom stereocenters. The van der Waals surface area contributed by atoms with Gasteiger partial charge in [-0.25, -0.2) is 0 Å². The Labute approximate surface area is 201 Å². The monoisotopic (exact) mass is 509 g/mol. The van der Waals surface area contributed by atoms with Crippen LogP contribution in [0.5, 0.6) is 0 Å². The maximum atomic E-state index is 12.1. The van der Waals surface area contributed by atoms with Gasteiger partial charge in [0.05, 0.1) is 11.4 Å². The second-order valence-corrected chi connectivity index (χ2v) is 10.2. The number of hydrogen-bond donors (Lipinski definition) is 3. The molecule has 0 fully saturated rings. The Kier molecular flexibility index (Phi) is 6.50. The summed E-state index contributed by atoms with van der Waals surface area (Å²) in [6, 6.07) is 23.5. The summed E-state index contributed by atoms with van der Waals surface area (Å²) in [5.74, 6) is 0. The molecule has 4 aromatic rings. The predicted octanol–water partition coefficient (Wildman–Crippen LogP) is 4.90. The van der Waals surface area contributed by atoms with Crippen LogP contribution in [0.25, 0.3) is 22.2 Å². The van der Waals surface area contributed by atoms with Gasteiger partial charge in [-0.1, -0.05) is 72.8 Å². The van der Waals surface area contributed by atoms with Crippen LogP contribution >= 0.6 is 0 Å². The molecule has 0 aliphatic carbocycles. The van der Waals surface area contributed by atoms with E-state index >= 15 is 0 Å². The molecule has 0 aliphatic heterocycles. The van der Waals surface area contributed by atoms with Crippen molar-refractivity contribution in [2.45, 2.75) is 9.79 Å². The van der Waals surface area contributed by atoms with Gasteiger partial charge < -0.3 is 5.73 Å². The Morgan fingerprint density at radius 2 is 1.17 bits per heavy atom. The van der Waals surface area contributed by atoms with Crippen molar-refractivity contribution in [3.8, 4) is 0 Å². The molecule has 9 nitrogen and oxygen atoms in total. The number of hydrogen-bond acceptors (Lipinski definition) is 7. The predicted molar refractivity (Wildman–Crippen MR) is 132 cm³/mol. The fraction of sp³-hybridized carbons (Fsp3) is 0. The van der Waals surface area contributed by atoms with Crippen LogP contribution in [-0.2, 0) is 20.2 Å². The average Bonchev–Trinajstić information content (AvgIpc) is 2.83. The summed E-state index contributed by atoms with van der Waals surface area (Å²) in [6.07, 6.45) is 0. The zero-order chi connectivity index (χ0) is 25.2. The first-order chi connectivity index (χ1) is 16.6. The van der Waals surface area contributed by atoms with E-state index in [-0.39, 0.29) is 22.5 Å². The number of nitrogens with zero attached hydrogens (tertiary/aromatic N) is 2. The van der Waals surface area contributed by atoms with Crippen LogP contribution in [0.2, 0.25) is 0 Å². The molecule has 4 rings (SSSR count). The Morgan fingerprint density at radius 3 is 1.83 bits per heavy atom. The van der Waals surface area contributed by atoms with Crippen molar-refractivity contribution in [2.24, 2.45) is 16.0 Å². The minimum atomic E-state index is -4.71. The summed E-state index contributed by atoms with van der Waals surface area (Å²) in [5.41, 5.74) is 6.05. The first-order valence-corrected chi connectivity index (χ1v) is 13.0. The van der Waals surface area contributed by atoms with Crippen LogP contribution in [0, 0.1) is 0 Å². The normalized spacial score (nSPS) is 13.2. The molecule has 0 aromatic heterocycles. The molecule has 0 saturated carbocycles. The lowest BCUT2D eigenvalue weighted by atomic mass is 10.1. The maximum Gasteiger partial charge on any atom is 0.295 e. The van der Waals surface area contributed by atoms with E-state index in [1.54, 1.807) is 12.1 Å². The van der Waals surface area contributed by atoms with Crippen molar-refractivity contribution >= 4 is 48.1 Å². The first kappa shape index (κ1) is 24.2. The summed E-state index contributed by atoms with van der Waals surface area (Å²) < 4.78 is 67.5. The standard InChI is InChI=1S/C24H19N3O6S2/c25-23(18-11-3-5-14-21(18)34(28,29)30)24(19-12-4-6-15-22(19)35(31,32)33)27-26-20-13-7-9-16-8-1-2-10-17(16)20/h1-15H,25H2,(H,28,29,30)(H,31,32,33). The van der Waals surface area contributed by atoms with Gasteiger partial charge in [-0.3, -0.25) is 9.11 Å². The molecule has 0 spiro atoms. The zero-order valence-electron chi connectivity index (χ0n) is 18.0. The maximum absolute atomic E-state index is 12.1. The molecule has 0 unspecified atom stereocenters. The molecule has 0 amide bonds. The van der Waals surface area contributed by atoms with E-state index < -0.39 is 30.0 Å². The van der Waals surface area contributed by atoms with Crippen molar-refractivity contribution in [2.75, 3.05) is 0 Å². The smallest absolute Gasteiger partial charge is 0.295 e. The molecule has 4 N–H and O–H groups in total. The van der Waals surface area contributed by atoms with Gasteiger partial charge in [-0.15, -0.1) is 10.2 Å².